The first-order valence-corrected chi connectivity index (χ1v) is 8.38. The van der Waals surface area contributed by atoms with E-state index in [9.17, 15) is 0 Å². The molecule has 0 saturated heterocycles. The molecule has 2 heteroatoms. The second kappa shape index (κ2) is 11.4. The van der Waals surface area contributed by atoms with Crippen LogP contribution in [0.1, 0.15) is 64.0 Å². The number of nitrogens with one attached hydrogen (secondary N) is 1. The first kappa shape index (κ1) is 17.8. The number of benzene rings is 1. The Morgan fingerprint density at radius 1 is 1.24 bits per heavy atom. The van der Waals surface area contributed by atoms with Crippen molar-refractivity contribution < 1.29 is 4.74 Å². The van der Waals surface area contributed by atoms with E-state index in [1.807, 2.05) is 12.1 Å². The molecule has 0 amide bonds. The first-order chi connectivity index (χ1) is 10.3. The largest absolute Gasteiger partial charge is 0.494 e. The summed E-state index contributed by atoms with van der Waals surface area (Å²) in [5.41, 5.74) is 1.34. The zero-order valence-corrected chi connectivity index (χ0v) is 13.7. The van der Waals surface area contributed by atoms with Gasteiger partial charge in [0.2, 0.25) is 0 Å². The van der Waals surface area contributed by atoms with Crippen LogP contribution in [0.15, 0.2) is 36.9 Å². The zero-order chi connectivity index (χ0) is 15.3. The maximum atomic E-state index is 5.74. The quantitative estimate of drug-likeness (QED) is 0.418. The van der Waals surface area contributed by atoms with Crippen LogP contribution in [0.3, 0.4) is 0 Å². The fourth-order valence-electron chi connectivity index (χ4n) is 2.49. The molecule has 118 valence electrons. The normalized spacial score (nSPS) is 12.1. The summed E-state index contributed by atoms with van der Waals surface area (Å²) in [6, 6.07) is 8.97. The van der Waals surface area contributed by atoms with Gasteiger partial charge >= 0.3 is 0 Å². The van der Waals surface area contributed by atoms with Crippen LogP contribution in [0.25, 0.3) is 0 Å². The fraction of sp³-hybridized carbons (Fsp3) is 0.579. The average molecular weight is 289 g/mol. The van der Waals surface area contributed by atoms with Crippen LogP contribution in [0, 0.1) is 0 Å². The predicted molar refractivity (Wildman–Crippen MR) is 91.9 cm³/mol. The lowest BCUT2D eigenvalue weighted by Gasteiger charge is -2.19. The molecule has 2 nitrogen and oxygen atoms in total. The smallest absolute Gasteiger partial charge is 0.119 e. The lowest BCUT2D eigenvalue weighted by Crippen LogP contribution is -2.20. The molecule has 0 aromatic heterocycles. The summed E-state index contributed by atoms with van der Waals surface area (Å²) in [6.45, 7) is 9.87. The minimum absolute atomic E-state index is 0.434. The van der Waals surface area contributed by atoms with E-state index in [0.29, 0.717) is 6.04 Å². The van der Waals surface area contributed by atoms with E-state index in [4.69, 9.17) is 4.74 Å². The molecule has 1 N–H and O–H groups in total. The second-order valence-electron chi connectivity index (χ2n) is 5.46. The molecular weight excluding hydrogens is 258 g/mol. The van der Waals surface area contributed by atoms with Crippen molar-refractivity contribution in [2.24, 2.45) is 0 Å². The lowest BCUT2D eigenvalue weighted by atomic mass is 9.99. The van der Waals surface area contributed by atoms with Gasteiger partial charge < -0.3 is 10.1 Å². The summed E-state index contributed by atoms with van der Waals surface area (Å²) in [6.07, 6.45) is 9.16. The van der Waals surface area contributed by atoms with E-state index < -0.39 is 0 Å². The highest BCUT2D eigenvalue weighted by Crippen LogP contribution is 2.24. The monoisotopic (exact) mass is 289 g/mol. The van der Waals surface area contributed by atoms with E-state index in [1.165, 1.54) is 31.2 Å². The summed E-state index contributed by atoms with van der Waals surface area (Å²) < 4.78 is 5.74. The van der Waals surface area contributed by atoms with Crippen LogP contribution in [-0.2, 0) is 0 Å². The second-order valence-corrected chi connectivity index (χ2v) is 5.46. The Hall–Kier alpha value is -1.28. The molecule has 0 fully saturated rings. The van der Waals surface area contributed by atoms with Crippen molar-refractivity contribution in [3.63, 3.8) is 0 Å². The highest BCUT2D eigenvalue weighted by molar-refractivity contribution is 5.30. The third-order valence-electron chi connectivity index (χ3n) is 3.58. The number of hydrogen-bond acceptors (Lipinski definition) is 2. The summed E-state index contributed by atoms with van der Waals surface area (Å²) in [5, 5.41) is 3.60. The fourth-order valence-corrected chi connectivity index (χ4v) is 2.49. The first-order valence-electron chi connectivity index (χ1n) is 8.38. The predicted octanol–water partition coefficient (Wildman–Crippen LogP) is 5.26. The van der Waals surface area contributed by atoms with Crippen molar-refractivity contribution in [1.29, 1.82) is 0 Å². The Balaban J connectivity index is 2.55. The van der Waals surface area contributed by atoms with Crippen molar-refractivity contribution in [2.45, 2.75) is 58.4 Å². The van der Waals surface area contributed by atoms with Gasteiger partial charge in [-0.1, -0.05) is 44.9 Å². The molecule has 21 heavy (non-hydrogen) atoms. The SMILES string of the molecule is C=CCCCCCC(NCC)c1cccc(OCCC)c1. The molecule has 0 saturated carbocycles. The molecule has 0 bridgehead atoms. The van der Waals surface area contributed by atoms with Crippen LogP contribution in [0.5, 0.6) is 5.75 Å². The number of allylic oxidation sites excluding steroid dienone is 1. The maximum absolute atomic E-state index is 5.74. The van der Waals surface area contributed by atoms with Gasteiger partial charge in [0, 0.05) is 6.04 Å². The minimum atomic E-state index is 0.434. The van der Waals surface area contributed by atoms with Gasteiger partial charge in [-0.25, -0.2) is 0 Å². The Morgan fingerprint density at radius 2 is 2.10 bits per heavy atom. The molecule has 0 heterocycles. The third-order valence-corrected chi connectivity index (χ3v) is 3.58. The van der Waals surface area contributed by atoms with Gasteiger partial charge in [-0.3, -0.25) is 0 Å². The molecule has 0 aliphatic heterocycles. The maximum Gasteiger partial charge on any atom is 0.119 e. The van der Waals surface area contributed by atoms with E-state index >= 15 is 0 Å². The number of unbranched alkanes of at least 4 members (excludes halogenated alkanes) is 3. The van der Waals surface area contributed by atoms with Crippen LogP contribution in [0.2, 0.25) is 0 Å². The summed E-state index contributed by atoms with van der Waals surface area (Å²) in [7, 11) is 0. The van der Waals surface area contributed by atoms with Gasteiger partial charge in [0.25, 0.3) is 0 Å². The van der Waals surface area contributed by atoms with Crippen LogP contribution in [-0.4, -0.2) is 13.2 Å². The van der Waals surface area contributed by atoms with Gasteiger partial charge in [0.05, 0.1) is 6.61 Å². The van der Waals surface area contributed by atoms with Gasteiger partial charge in [0.15, 0.2) is 0 Å². The Labute approximate surface area is 130 Å². The van der Waals surface area contributed by atoms with Crippen molar-refractivity contribution in [3.8, 4) is 5.75 Å². The summed E-state index contributed by atoms with van der Waals surface area (Å²) in [5.74, 6) is 0.990. The molecule has 1 aromatic carbocycles. The molecular formula is C19H31NO. The number of hydrogen-bond donors (Lipinski definition) is 1. The van der Waals surface area contributed by atoms with Crippen LogP contribution in [0.4, 0.5) is 0 Å². The third kappa shape index (κ3) is 7.33. The molecule has 1 unspecified atom stereocenters. The van der Waals surface area contributed by atoms with Gasteiger partial charge in [-0.2, -0.15) is 0 Å². The molecule has 0 aliphatic rings. The molecule has 1 atom stereocenters. The van der Waals surface area contributed by atoms with Crippen molar-refractivity contribution >= 4 is 0 Å². The van der Waals surface area contributed by atoms with E-state index in [2.05, 4.69) is 43.9 Å². The van der Waals surface area contributed by atoms with Crippen molar-refractivity contribution in [2.75, 3.05) is 13.2 Å². The standard InChI is InChI=1S/C19H31NO/c1-4-7-8-9-10-14-19(20-6-3)17-12-11-13-18(16-17)21-15-5-2/h4,11-13,16,19-20H,1,5-10,14-15H2,2-3H3. The lowest BCUT2D eigenvalue weighted by molar-refractivity contribution is 0.316. The molecule has 0 aliphatic carbocycles. The number of rotatable bonds is 12. The van der Waals surface area contributed by atoms with Crippen LogP contribution < -0.4 is 10.1 Å². The minimum Gasteiger partial charge on any atom is -0.494 e. The highest BCUT2D eigenvalue weighted by Gasteiger charge is 2.10. The van der Waals surface area contributed by atoms with E-state index in [1.54, 1.807) is 0 Å². The highest BCUT2D eigenvalue weighted by atomic mass is 16.5. The average Bonchev–Trinajstić information content (AvgIpc) is 2.52. The van der Waals surface area contributed by atoms with E-state index in [-0.39, 0.29) is 0 Å². The topological polar surface area (TPSA) is 21.3 Å². The molecule has 0 spiro atoms. The number of ether oxygens (including phenoxy) is 1. The Bertz CT molecular complexity index is 389. The summed E-state index contributed by atoms with van der Waals surface area (Å²) in [4.78, 5) is 0. The van der Waals surface area contributed by atoms with Crippen molar-refractivity contribution in [1.82, 2.24) is 5.32 Å². The zero-order valence-electron chi connectivity index (χ0n) is 13.7. The van der Waals surface area contributed by atoms with Gasteiger partial charge in [0.1, 0.15) is 5.75 Å². The van der Waals surface area contributed by atoms with Crippen LogP contribution >= 0.6 is 0 Å². The molecule has 1 rings (SSSR count). The molecule has 1 aromatic rings. The van der Waals surface area contributed by atoms with Gasteiger partial charge in [-0.05, 0) is 49.9 Å². The van der Waals surface area contributed by atoms with Gasteiger partial charge in [-0.15, -0.1) is 6.58 Å². The van der Waals surface area contributed by atoms with Crippen molar-refractivity contribution in [3.05, 3.63) is 42.5 Å². The Morgan fingerprint density at radius 3 is 2.81 bits per heavy atom. The Kier molecular flexibility index (Phi) is 9.64. The summed E-state index contributed by atoms with van der Waals surface area (Å²) >= 11 is 0. The molecule has 0 radical (unpaired) electrons. The van der Waals surface area contributed by atoms with E-state index in [0.717, 1.165) is 31.7 Å².